The number of fused-ring (bicyclic) bond motifs is 2. The third kappa shape index (κ3) is 4.51. The van der Waals surface area contributed by atoms with E-state index >= 15 is 0 Å². The van der Waals surface area contributed by atoms with Gasteiger partial charge in [-0.1, -0.05) is 11.6 Å². The zero-order chi connectivity index (χ0) is 22.4. The lowest BCUT2D eigenvalue weighted by Gasteiger charge is -2.33. The summed E-state index contributed by atoms with van der Waals surface area (Å²) >= 11 is 5.72. The molecule has 2 unspecified atom stereocenters. The Morgan fingerprint density at radius 1 is 1.16 bits per heavy atom. The molecule has 2 heterocycles. The van der Waals surface area contributed by atoms with Crippen LogP contribution < -0.4 is 10.6 Å². The standard InChI is InChI=1S/C20H23ClF4N4O2/c21-15-7-12(1-2-16(15)22)27-17(30)11-29-10-13-8-14(29)9-28(13)6-5-26-18(31)19(3-4-19)20(23,24)25/h1-2,7,13-14H,3-6,8-11H2,(H,26,31)(H,27,30). The van der Waals surface area contributed by atoms with Crippen molar-refractivity contribution in [2.45, 2.75) is 37.5 Å². The highest BCUT2D eigenvalue weighted by Gasteiger charge is 2.68. The smallest absolute Gasteiger partial charge is 0.354 e. The number of nitrogens with zero attached hydrogens (tertiary/aromatic N) is 2. The van der Waals surface area contributed by atoms with Crippen LogP contribution in [0.2, 0.25) is 5.02 Å². The Bertz CT molecular complexity index is 877. The van der Waals surface area contributed by atoms with Crippen LogP contribution >= 0.6 is 11.6 Å². The molecule has 2 atom stereocenters. The van der Waals surface area contributed by atoms with Gasteiger partial charge in [0.05, 0.1) is 11.6 Å². The van der Waals surface area contributed by atoms with Gasteiger partial charge in [0.2, 0.25) is 11.8 Å². The lowest BCUT2D eigenvalue weighted by Crippen LogP contribution is -2.51. The largest absolute Gasteiger partial charge is 0.403 e. The minimum absolute atomic E-state index is 0.0661. The number of anilines is 1. The molecule has 0 aromatic heterocycles. The molecule has 170 valence electrons. The molecule has 2 aliphatic heterocycles. The van der Waals surface area contributed by atoms with E-state index in [-0.39, 0.29) is 48.9 Å². The van der Waals surface area contributed by atoms with Crippen molar-refractivity contribution in [2.24, 2.45) is 5.41 Å². The minimum atomic E-state index is -4.50. The average Bonchev–Trinajstić information content (AvgIpc) is 3.32. The van der Waals surface area contributed by atoms with Crippen LogP contribution in [0.3, 0.4) is 0 Å². The Morgan fingerprint density at radius 3 is 2.42 bits per heavy atom. The second kappa shape index (κ2) is 8.22. The number of likely N-dealkylation sites (tertiary alicyclic amines) is 2. The molecule has 3 fully saturated rings. The number of rotatable bonds is 7. The summed E-state index contributed by atoms with van der Waals surface area (Å²) in [6.07, 6.45) is -3.91. The van der Waals surface area contributed by atoms with Crippen LogP contribution in [0.5, 0.6) is 0 Å². The van der Waals surface area contributed by atoms with Crippen molar-refractivity contribution >= 4 is 29.1 Å². The van der Waals surface area contributed by atoms with Gasteiger partial charge >= 0.3 is 6.18 Å². The predicted molar refractivity (Wildman–Crippen MR) is 106 cm³/mol. The van der Waals surface area contributed by atoms with Gasteiger partial charge in [0.15, 0.2) is 0 Å². The first-order chi connectivity index (χ1) is 14.6. The van der Waals surface area contributed by atoms with Crippen LogP contribution in [-0.2, 0) is 9.59 Å². The Balaban J connectivity index is 1.20. The summed E-state index contributed by atoms with van der Waals surface area (Å²) < 4.78 is 52.2. The number of benzene rings is 1. The summed E-state index contributed by atoms with van der Waals surface area (Å²) in [6, 6.07) is 4.36. The maximum Gasteiger partial charge on any atom is 0.403 e. The second-order valence-electron chi connectivity index (χ2n) is 8.48. The van der Waals surface area contributed by atoms with Crippen LogP contribution in [0, 0.1) is 11.2 Å². The van der Waals surface area contributed by atoms with Crippen molar-refractivity contribution in [3.05, 3.63) is 29.0 Å². The van der Waals surface area contributed by atoms with Gasteiger partial charge in [-0.2, -0.15) is 13.2 Å². The van der Waals surface area contributed by atoms with Gasteiger partial charge < -0.3 is 10.6 Å². The van der Waals surface area contributed by atoms with E-state index in [2.05, 4.69) is 20.4 Å². The molecule has 2 bridgehead atoms. The Hall–Kier alpha value is -1.91. The first-order valence-corrected chi connectivity index (χ1v) is 10.5. The SMILES string of the molecule is O=C(CN1CC2CC1CN2CCNC(=O)C1(C(F)(F)F)CC1)Nc1ccc(F)c(Cl)c1. The second-order valence-corrected chi connectivity index (χ2v) is 8.89. The maximum absolute atomic E-state index is 13.2. The third-order valence-corrected chi connectivity index (χ3v) is 6.72. The summed E-state index contributed by atoms with van der Waals surface area (Å²) in [7, 11) is 0. The molecule has 2 saturated heterocycles. The predicted octanol–water partition coefficient (Wildman–Crippen LogP) is 2.63. The monoisotopic (exact) mass is 462 g/mol. The number of carbonyl (C=O) groups excluding carboxylic acids is 2. The summed E-state index contributed by atoms with van der Waals surface area (Å²) in [4.78, 5) is 28.5. The molecule has 1 aromatic rings. The van der Waals surface area contributed by atoms with E-state index in [4.69, 9.17) is 11.6 Å². The number of nitrogens with one attached hydrogen (secondary N) is 2. The molecule has 0 radical (unpaired) electrons. The number of piperazine rings is 1. The Kier molecular flexibility index (Phi) is 5.91. The molecule has 1 aromatic carbocycles. The lowest BCUT2D eigenvalue weighted by molar-refractivity contribution is -0.192. The molecule has 1 saturated carbocycles. The first kappa shape index (κ1) is 22.3. The number of carbonyl (C=O) groups is 2. The summed E-state index contributed by atoms with van der Waals surface area (Å²) in [6.45, 7) is 2.21. The third-order valence-electron chi connectivity index (χ3n) is 6.43. The van der Waals surface area contributed by atoms with Crippen LogP contribution in [0.1, 0.15) is 19.3 Å². The molecule has 0 spiro atoms. The topological polar surface area (TPSA) is 64.7 Å². The minimum Gasteiger partial charge on any atom is -0.354 e. The van der Waals surface area contributed by atoms with Crippen molar-refractivity contribution in [2.75, 3.05) is 38.0 Å². The van der Waals surface area contributed by atoms with Crippen molar-refractivity contribution in [3.63, 3.8) is 0 Å². The van der Waals surface area contributed by atoms with Crippen LogP contribution in [0.4, 0.5) is 23.2 Å². The van der Waals surface area contributed by atoms with Crippen LogP contribution in [0.25, 0.3) is 0 Å². The Morgan fingerprint density at radius 2 is 1.84 bits per heavy atom. The zero-order valence-electron chi connectivity index (χ0n) is 16.6. The van der Waals surface area contributed by atoms with Gasteiger partial charge in [0, 0.05) is 44.0 Å². The number of alkyl halides is 3. The molecule has 2 N–H and O–H groups in total. The number of hydrogen-bond acceptors (Lipinski definition) is 4. The quantitative estimate of drug-likeness (QED) is 0.611. The highest BCUT2D eigenvalue weighted by atomic mass is 35.5. The van der Waals surface area contributed by atoms with E-state index in [1.165, 1.54) is 18.2 Å². The van der Waals surface area contributed by atoms with Gasteiger partial charge in [-0.05, 0) is 37.5 Å². The molecule has 6 nitrogen and oxygen atoms in total. The molecule has 3 aliphatic rings. The maximum atomic E-state index is 13.2. The van der Waals surface area contributed by atoms with E-state index in [1.54, 1.807) is 0 Å². The molecule has 4 rings (SSSR count). The lowest BCUT2D eigenvalue weighted by atomic mass is 10.1. The van der Waals surface area contributed by atoms with E-state index in [0.29, 0.717) is 25.3 Å². The van der Waals surface area contributed by atoms with Crippen LogP contribution in [-0.4, -0.2) is 72.6 Å². The van der Waals surface area contributed by atoms with E-state index < -0.39 is 23.3 Å². The van der Waals surface area contributed by atoms with Gasteiger partial charge in [0.1, 0.15) is 11.2 Å². The highest BCUT2D eigenvalue weighted by Crippen LogP contribution is 2.57. The molecule has 11 heteroatoms. The highest BCUT2D eigenvalue weighted by molar-refractivity contribution is 6.31. The van der Waals surface area contributed by atoms with Gasteiger partial charge in [-0.25, -0.2) is 4.39 Å². The molecule has 2 amide bonds. The zero-order valence-corrected chi connectivity index (χ0v) is 17.4. The van der Waals surface area contributed by atoms with Crippen molar-refractivity contribution < 1.29 is 27.2 Å². The van der Waals surface area contributed by atoms with Crippen molar-refractivity contribution in [1.29, 1.82) is 0 Å². The molecule has 1 aliphatic carbocycles. The molecular formula is C20H23ClF4N4O2. The number of amides is 2. The normalized spacial score (nSPS) is 24.9. The van der Waals surface area contributed by atoms with Crippen molar-refractivity contribution in [3.8, 4) is 0 Å². The summed E-state index contributed by atoms with van der Waals surface area (Å²) in [5.41, 5.74) is -1.76. The van der Waals surface area contributed by atoms with Crippen molar-refractivity contribution in [1.82, 2.24) is 15.1 Å². The van der Waals surface area contributed by atoms with Gasteiger partial charge in [-0.3, -0.25) is 19.4 Å². The summed E-state index contributed by atoms with van der Waals surface area (Å²) in [5.74, 6) is -1.71. The van der Waals surface area contributed by atoms with Gasteiger partial charge in [0.25, 0.3) is 0 Å². The average molecular weight is 463 g/mol. The number of hydrogen-bond donors (Lipinski definition) is 2. The van der Waals surface area contributed by atoms with E-state index in [9.17, 15) is 27.2 Å². The molecule has 31 heavy (non-hydrogen) atoms. The Labute approximate surface area is 181 Å². The first-order valence-electron chi connectivity index (χ1n) is 10.2. The fraction of sp³-hybridized carbons (Fsp3) is 0.600. The van der Waals surface area contributed by atoms with Gasteiger partial charge in [-0.15, -0.1) is 0 Å². The van der Waals surface area contributed by atoms with E-state index in [0.717, 1.165) is 6.42 Å². The van der Waals surface area contributed by atoms with Crippen LogP contribution in [0.15, 0.2) is 18.2 Å². The fourth-order valence-corrected chi connectivity index (χ4v) is 4.69. The van der Waals surface area contributed by atoms with E-state index in [1.807, 2.05) is 0 Å². The number of halogens is 5. The molecular weight excluding hydrogens is 440 g/mol. The summed E-state index contributed by atoms with van der Waals surface area (Å²) in [5, 5.41) is 5.08. The fourth-order valence-electron chi connectivity index (χ4n) is 4.50.